The van der Waals surface area contributed by atoms with E-state index in [9.17, 15) is 0 Å². The van der Waals surface area contributed by atoms with E-state index in [4.69, 9.17) is 5.10 Å². The maximum absolute atomic E-state index is 4.93. The van der Waals surface area contributed by atoms with Crippen LogP contribution in [0.3, 0.4) is 0 Å². The number of fused-ring (bicyclic) bond motifs is 1. The third-order valence-electron chi connectivity index (χ3n) is 4.60. The summed E-state index contributed by atoms with van der Waals surface area (Å²) < 4.78 is 2.32. The molecule has 108 valence electrons. The van der Waals surface area contributed by atoms with Gasteiger partial charge >= 0.3 is 0 Å². The van der Waals surface area contributed by atoms with E-state index in [0.29, 0.717) is 6.04 Å². The van der Waals surface area contributed by atoms with Crippen LogP contribution in [-0.4, -0.2) is 9.78 Å². The minimum absolute atomic E-state index is 0.603. The second-order valence-electron chi connectivity index (χ2n) is 5.89. The zero-order valence-electron chi connectivity index (χ0n) is 12.4. The summed E-state index contributed by atoms with van der Waals surface area (Å²) in [6.07, 6.45) is 6.26. The molecule has 0 amide bonds. The molecule has 4 rings (SSSR count). The first kappa shape index (κ1) is 13.1. The first-order valence-corrected chi connectivity index (χ1v) is 8.80. The number of hydrogen-bond acceptors (Lipinski definition) is 2. The fourth-order valence-electron chi connectivity index (χ4n) is 3.49. The van der Waals surface area contributed by atoms with Crippen molar-refractivity contribution in [2.75, 3.05) is 0 Å². The molecule has 3 aromatic rings. The first-order chi connectivity index (χ1) is 10.4. The fraction of sp³-hybridized carbons (Fsp3) is 0.389. The number of benzene rings is 1. The van der Waals surface area contributed by atoms with E-state index < -0.39 is 0 Å². The average molecular weight is 296 g/mol. The Bertz CT molecular complexity index is 749. The Morgan fingerprint density at radius 1 is 1.24 bits per heavy atom. The number of hydrogen-bond donors (Lipinski definition) is 0. The van der Waals surface area contributed by atoms with Gasteiger partial charge in [0.15, 0.2) is 0 Å². The Kier molecular flexibility index (Phi) is 3.30. The lowest BCUT2D eigenvalue weighted by Crippen LogP contribution is -2.06. The molecule has 1 saturated carbocycles. The molecule has 3 heteroatoms. The van der Waals surface area contributed by atoms with Gasteiger partial charge in [0.2, 0.25) is 0 Å². The molecule has 0 radical (unpaired) electrons. The molecule has 2 aromatic heterocycles. The summed E-state index contributed by atoms with van der Waals surface area (Å²) in [5, 5.41) is 8.41. The predicted octanol–water partition coefficient (Wildman–Crippen LogP) is 5.44. The van der Waals surface area contributed by atoms with Gasteiger partial charge in [-0.25, -0.2) is 0 Å². The van der Waals surface area contributed by atoms with E-state index in [1.54, 1.807) is 11.3 Å². The van der Waals surface area contributed by atoms with E-state index in [2.05, 4.69) is 47.3 Å². The van der Waals surface area contributed by atoms with Crippen LogP contribution in [0.5, 0.6) is 0 Å². The Labute approximate surface area is 129 Å². The Hall–Kier alpha value is -1.61. The van der Waals surface area contributed by atoms with Crippen LogP contribution in [0.25, 0.3) is 21.3 Å². The zero-order chi connectivity index (χ0) is 14.2. The van der Waals surface area contributed by atoms with Crippen molar-refractivity contribution in [3.8, 4) is 10.4 Å². The molecule has 1 aliphatic carbocycles. The van der Waals surface area contributed by atoms with Crippen LogP contribution in [0, 0.1) is 0 Å². The Morgan fingerprint density at radius 2 is 2.10 bits per heavy atom. The first-order valence-electron chi connectivity index (χ1n) is 7.92. The van der Waals surface area contributed by atoms with Crippen LogP contribution >= 0.6 is 11.3 Å². The molecule has 0 N–H and O–H groups in total. The second-order valence-corrected chi connectivity index (χ2v) is 6.84. The number of rotatable bonds is 3. The summed E-state index contributed by atoms with van der Waals surface area (Å²) in [4.78, 5) is 1.34. The quantitative estimate of drug-likeness (QED) is 0.629. The van der Waals surface area contributed by atoms with Gasteiger partial charge in [-0.05, 0) is 42.3 Å². The van der Waals surface area contributed by atoms with Gasteiger partial charge < -0.3 is 0 Å². The second kappa shape index (κ2) is 5.30. The molecule has 0 atom stereocenters. The van der Waals surface area contributed by atoms with Gasteiger partial charge in [-0.3, -0.25) is 4.68 Å². The molecular weight excluding hydrogens is 276 g/mol. The number of thiophene rings is 1. The number of aryl methyl sites for hydroxylation is 1. The van der Waals surface area contributed by atoms with E-state index in [0.717, 1.165) is 6.42 Å². The molecule has 0 aliphatic heterocycles. The monoisotopic (exact) mass is 296 g/mol. The van der Waals surface area contributed by atoms with Crippen molar-refractivity contribution in [1.29, 1.82) is 0 Å². The molecule has 0 saturated heterocycles. The van der Waals surface area contributed by atoms with Gasteiger partial charge in [0.25, 0.3) is 0 Å². The third kappa shape index (κ3) is 2.20. The summed E-state index contributed by atoms with van der Waals surface area (Å²) in [6, 6.07) is 11.8. The summed E-state index contributed by atoms with van der Waals surface area (Å²) >= 11 is 1.81. The molecule has 0 bridgehead atoms. The van der Waals surface area contributed by atoms with Crippen LogP contribution in [-0.2, 0) is 6.42 Å². The summed E-state index contributed by atoms with van der Waals surface area (Å²) in [6.45, 7) is 2.20. The van der Waals surface area contributed by atoms with Crippen molar-refractivity contribution in [2.45, 2.75) is 45.1 Å². The van der Waals surface area contributed by atoms with Crippen molar-refractivity contribution >= 4 is 22.2 Å². The van der Waals surface area contributed by atoms with Crippen LogP contribution in [0.15, 0.2) is 35.7 Å². The largest absolute Gasteiger partial charge is 0.262 e. The molecule has 2 heterocycles. The molecular formula is C18H20N2S. The van der Waals surface area contributed by atoms with Crippen molar-refractivity contribution in [3.63, 3.8) is 0 Å². The minimum Gasteiger partial charge on any atom is -0.262 e. The highest BCUT2D eigenvalue weighted by molar-refractivity contribution is 7.13. The van der Waals surface area contributed by atoms with Crippen molar-refractivity contribution in [3.05, 3.63) is 41.4 Å². The molecule has 0 unspecified atom stereocenters. The molecule has 0 spiro atoms. The average Bonchev–Trinajstić information content (AvgIpc) is 3.25. The van der Waals surface area contributed by atoms with Gasteiger partial charge in [0.1, 0.15) is 0 Å². The lowest BCUT2D eigenvalue weighted by molar-refractivity contribution is 0.478. The van der Waals surface area contributed by atoms with E-state index in [1.165, 1.54) is 52.7 Å². The lowest BCUT2D eigenvalue weighted by Gasteiger charge is -2.11. The van der Waals surface area contributed by atoms with E-state index >= 15 is 0 Å². The number of nitrogens with zero attached hydrogens (tertiary/aromatic N) is 2. The highest BCUT2D eigenvalue weighted by Crippen LogP contribution is 2.35. The summed E-state index contributed by atoms with van der Waals surface area (Å²) in [7, 11) is 0. The molecule has 1 aliphatic rings. The van der Waals surface area contributed by atoms with Crippen LogP contribution in [0.4, 0.5) is 0 Å². The molecule has 1 fully saturated rings. The maximum Gasteiger partial charge on any atom is 0.0700 e. The van der Waals surface area contributed by atoms with Crippen molar-refractivity contribution < 1.29 is 0 Å². The highest BCUT2D eigenvalue weighted by atomic mass is 32.1. The topological polar surface area (TPSA) is 17.8 Å². The molecule has 2 nitrogen and oxygen atoms in total. The van der Waals surface area contributed by atoms with Gasteiger partial charge in [-0.1, -0.05) is 38.0 Å². The predicted molar refractivity (Wildman–Crippen MR) is 89.9 cm³/mol. The normalized spacial score (nSPS) is 16.0. The minimum atomic E-state index is 0.603. The van der Waals surface area contributed by atoms with E-state index in [-0.39, 0.29) is 0 Å². The van der Waals surface area contributed by atoms with Gasteiger partial charge in [0.05, 0.1) is 17.3 Å². The molecule has 21 heavy (non-hydrogen) atoms. The van der Waals surface area contributed by atoms with Gasteiger partial charge in [0, 0.05) is 10.3 Å². The van der Waals surface area contributed by atoms with Crippen molar-refractivity contribution in [1.82, 2.24) is 9.78 Å². The maximum atomic E-state index is 4.93. The number of aromatic nitrogens is 2. The SMILES string of the molecule is CCc1nn(C2CCCC2)c2cc(-c3cccs3)ccc12. The molecule has 1 aromatic carbocycles. The third-order valence-corrected chi connectivity index (χ3v) is 5.51. The zero-order valence-corrected chi connectivity index (χ0v) is 13.2. The fourth-order valence-corrected chi connectivity index (χ4v) is 4.21. The van der Waals surface area contributed by atoms with Crippen LogP contribution < -0.4 is 0 Å². The lowest BCUT2D eigenvalue weighted by atomic mass is 10.1. The van der Waals surface area contributed by atoms with E-state index in [1.807, 2.05) is 0 Å². The van der Waals surface area contributed by atoms with Gasteiger partial charge in [-0.15, -0.1) is 11.3 Å². The summed E-state index contributed by atoms with van der Waals surface area (Å²) in [5.41, 5.74) is 3.89. The van der Waals surface area contributed by atoms with Gasteiger partial charge in [-0.2, -0.15) is 5.10 Å². The van der Waals surface area contributed by atoms with Crippen LogP contribution in [0.1, 0.15) is 44.3 Å². The standard InChI is InChI=1S/C18H20N2S/c1-2-16-15-10-9-13(18-8-5-11-21-18)12-17(15)20(19-16)14-6-3-4-7-14/h5,8-12,14H,2-4,6-7H2,1H3. The Balaban J connectivity index is 1.89. The smallest absolute Gasteiger partial charge is 0.0700 e. The van der Waals surface area contributed by atoms with Crippen molar-refractivity contribution in [2.24, 2.45) is 0 Å². The highest BCUT2D eigenvalue weighted by Gasteiger charge is 2.21. The summed E-state index contributed by atoms with van der Waals surface area (Å²) in [5.74, 6) is 0. The van der Waals surface area contributed by atoms with Crippen LogP contribution in [0.2, 0.25) is 0 Å². The Morgan fingerprint density at radius 3 is 2.81 bits per heavy atom.